The van der Waals surface area contributed by atoms with Gasteiger partial charge < -0.3 is 19.7 Å². The third-order valence-electron chi connectivity index (χ3n) is 9.30. The van der Waals surface area contributed by atoms with E-state index in [1.165, 1.54) is 77.0 Å². The van der Waals surface area contributed by atoms with Crippen molar-refractivity contribution in [2.45, 2.75) is 110 Å². The summed E-state index contributed by atoms with van der Waals surface area (Å²) in [6.45, 7) is 11.3. The van der Waals surface area contributed by atoms with E-state index in [1.54, 1.807) is 6.92 Å². The van der Waals surface area contributed by atoms with Gasteiger partial charge in [0.2, 0.25) is 0 Å². The first-order valence-electron chi connectivity index (χ1n) is 15.7. The highest BCUT2D eigenvalue weighted by atomic mass is 16.5. The number of esters is 2. The number of aliphatic hydroxyl groups is 2. The maximum atomic E-state index is 12.5. The molecule has 0 aromatic heterocycles. The lowest BCUT2D eigenvalue weighted by Crippen LogP contribution is -2.33. The molecule has 2 saturated carbocycles. The summed E-state index contributed by atoms with van der Waals surface area (Å²) >= 11 is 0. The van der Waals surface area contributed by atoms with Crippen LogP contribution in [0.25, 0.3) is 0 Å². The van der Waals surface area contributed by atoms with Crippen LogP contribution in [0.5, 0.6) is 0 Å². The molecule has 39 heavy (non-hydrogen) atoms. The lowest BCUT2D eigenvalue weighted by molar-refractivity contribution is -0.146. The zero-order valence-electron chi connectivity index (χ0n) is 24.8. The second kappa shape index (κ2) is 18.6. The summed E-state index contributed by atoms with van der Waals surface area (Å²) in [7, 11) is 0. The molecule has 0 aromatic rings. The first kappa shape index (κ1) is 33.5. The molecule has 0 bridgehead atoms. The number of unbranched alkanes of at least 4 members (excludes halogenated alkanes) is 4. The van der Waals surface area contributed by atoms with E-state index < -0.39 is 17.9 Å². The number of rotatable bonds is 18. The van der Waals surface area contributed by atoms with Gasteiger partial charge in [0, 0.05) is 36.2 Å². The second-order valence-electron chi connectivity index (χ2n) is 12.4. The molecule has 224 valence electrons. The van der Waals surface area contributed by atoms with E-state index in [2.05, 4.69) is 20.1 Å². The highest BCUT2D eigenvalue weighted by Gasteiger charge is 2.34. The Labute approximate surface area is 237 Å². The smallest absolute Gasteiger partial charge is 0.333 e. The molecule has 1 atom stereocenters. The van der Waals surface area contributed by atoms with E-state index in [1.807, 2.05) is 0 Å². The molecule has 2 fully saturated rings. The van der Waals surface area contributed by atoms with Gasteiger partial charge >= 0.3 is 11.9 Å². The van der Waals surface area contributed by atoms with Gasteiger partial charge in [-0.2, -0.15) is 0 Å². The second-order valence-corrected chi connectivity index (χ2v) is 12.4. The molecule has 0 saturated heterocycles. The van der Waals surface area contributed by atoms with Crippen LogP contribution >= 0.6 is 0 Å². The SMILES string of the molecule is C=C(C)C(=O)OCC(COC(=O)C(=C)CC(CO)CO)C1CCC(C2CCC(CCCCCCC)CC2)CC1. The van der Waals surface area contributed by atoms with Crippen LogP contribution in [0.2, 0.25) is 0 Å². The average molecular weight is 549 g/mol. The minimum atomic E-state index is -0.520. The molecule has 2 aliphatic rings. The molecule has 0 aliphatic heterocycles. The fraction of sp³-hybridized carbons (Fsp3) is 0.818. The largest absolute Gasteiger partial charge is 0.462 e. The van der Waals surface area contributed by atoms with Gasteiger partial charge in [0.05, 0.1) is 13.2 Å². The first-order valence-corrected chi connectivity index (χ1v) is 15.7. The molecule has 0 amide bonds. The van der Waals surface area contributed by atoms with E-state index in [9.17, 15) is 19.8 Å². The Morgan fingerprint density at radius 2 is 1.33 bits per heavy atom. The predicted octanol–water partition coefficient (Wildman–Crippen LogP) is 6.79. The van der Waals surface area contributed by atoms with Crippen LogP contribution in [0.1, 0.15) is 110 Å². The molecule has 2 aliphatic carbocycles. The number of aliphatic hydroxyl groups excluding tert-OH is 2. The zero-order chi connectivity index (χ0) is 28.6. The maximum Gasteiger partial charge on any atom is 0.333 e. The molecule has 6 heteroatoms. The predicted molar refractivity (Wildman–Crippen MR) is 156 cm³/mol. The van der Waals surface area contributed by atoms with Crippen LogP contribution in [0.4, 0.5) is 0 Å². The summed E-state index contributed by atoms with van der Waals surface area (Å²) < 4.78 is 11.1. The summed E-state index contributed by atoms with van der Waals surface area (Å²) in [6.07, 6.45) is 18.5. The molecule has 0 aromatic carbocycles. The summed E-state index contributed by atoms with van der Waals surface area (Å²) in [5.74, 6) is 1.46. The van der Waals surface area contributed by atoms with Gasteiger partial charge in [-0.3, -0.25) is 0 Å². The Balaban J connectivity index is 1.82. The normalized spacial score (nSPS) is 24.2. The molecule has 1 unspecified atom stereocenters. The van der Waals surface area contributed by atoms with Crippen LogP contribution < -0.4 is 0 Å². The molecular formula is C33H56O6. The monoisotopic (exact) mass is 548 g/mol. The third kappa shape index (κ3) is 12.2. The number of carbonyl (C=O) groups excluding carboxylic acids is 2. The van der Waals surface area contributed by atoms with Crippen molar-refractivity contribution in [1.29, 1.82) is 0 Å². The first-order chi connectivity index (χ1) is 18.8. The van der Waals surface area contributed by atoms with E-state index in [0.717, 1.165) is 30.6 Å². The van der Waals surface area contributed by atoms with Gasteiger partial charge in [-0.1, -0.05) is 71.4 Å². The van der Waals surface area contributed by atoms with Crippen molar-refractivity contribution >= 4 is 11.9 Å². The van der Waals surface area contributed by atoms with Gasteiger partial charge in [-0.25, -0.2) is 9.59 Å². The maximum absolute atomic E-state index is 12.5. The van der Waals surface area contributed by atoms with E-state index >= 15 is 0 Å². The fourth-order valence-electron chi connectivity index (χ4n) is 6.60. The quantitative estimate of drug-likeness (QED) is 0.111. The van der Waals surface area contributed by atoms with Crippen LogP contribution in [0.3, 0.4) is 0 Å². The fourth-order valence-corrected chi connectivity index (χ4v) is 6.60. The number of hydrogen-bond donors (Lipinski definition) is 2. The Morgan fingerprint density at radius 3 is 1.87 bits per heavy atom. The van der Waals surface area contributed by atoms with Crippen LogP contribution in [-0.2, 0) is 19.1 Å². The van der Waals surface area contributed by atoms with Gasteiger partial charge in [-0.05, 0) is 75.5 Å². The summed E-state index contributed by atoms with van der Waals surface area (Å²) in [5, 5.41) is 18.6. The van der Waals surface area contributed by atoms with E-state index in [-0.39, 0.29) is 44.3 Å². The van der Waals surface area contributed by atoms with Crippen LogP contribution in [0.15, 0.2) is 24.3 Å². The summed E-state index contributed by atoms with van der Waals surface area (Å²) in [5.41, 5.74) is 0.597. The lowest BCUT2D eigenvalue weighted by Gasteiger charge is -2.39. The van der Waals surface area contributed by atoms with Crippen molar-refractivity contribution < 1.29 is 29.3 Å². The Kier molecular flexibility index (Phi) is 16.0. The third-order valence-corrected chi connectivity index (χ3v) is 9.30. The topological polar surface area (TPSA) is 93.1 Å². The number of ether oxygens (including phenoxy) is 2. The highest BCUT2D eigenvalue weighted by molar-refractivity contribution is 5.88. The molecule has 2 rings (SSSR count). The highest BCUT2D eigenvalue weighted by Crippen LogP contribution is 2.44. The van der Waals surface area contributed by atoms with Crippen molar-refractivity contribution in [2.24, 2.45) is 35.5 Å². The standard InChI is InChI=1S/C33H56O6/c1-5-6-7-8-9-10-26-11-13-28(14-12-26)29-15-17-30(18-16-29)31(22-38-32(36)24(2)3)23-39-33(37)25(4)19-27(20-34)21-35/h26-31,34-35H,2,4-23H2,1,3H3. The Morgan fingerprint density at radius 1 is 0.795 bits per heavy atom. The lowest BCUT2D eigenvalue weighted by atomic mass is 9.67. The van der Waals surface area contributed by atoms with Crippen molar-refractivity contribution in [3.05, 3.63) is 24.3 Å². The summed E-state index contributed by atoms with van der Waals surface area (Å²) in [4.78, 5) is 24.6. The van der Waals surface area contributed by atoms with E-state index in [0.29, 0.717) is 11.5 Å². The molecule has 6 nitrogen and oxygen atoms in total. The van der Waals surface area contributed by atoms with Gasteiger partial charge in [0.1, 0.15) is 0 Å². The van der Waals surface area contributed by atoms with Crippen molar-refractivity contribution in [3.63, 3.8) is 0 Å². The zero-order valence-corrected chi connectivity index (χ0v) is 24.8. The van der Waals surface area contributed by atoms with Gasteiger partial charge in [0.25, 0.3) is 0 Å². The Bertz CT molecular complexity index is 741. The number of hydrogen-bond acceptors (Lipinski definition) is 6. The number of carbonyl (C=O) groups is 2. The van der Waals surface area contributed by atoms with Crippen LogP contribution in [0, 0.1) is 35.5 Å². The summed E-state index contributed by atoms with van der Waals surface area (Å²) in [6, 6.07) is 0. The van der Waals surface area contributed by atoms with Crippen molar-refractivity contribution in [2.75, 3.05) is 26.4 Å². The minimum Gasteiger partial charge on any atom is -0.462 e. The van der Waals surface area contributed by atoms with E-state index in [4.69, 9.17) is 9.47 Å². The Hall–Kier alpha value is -1.66. The molecular weight excluding hydrogens is 492 g/mol. The van der Waals surface area contributed by atoms with Crippen LogP contribution in [-0.4, -0.2) is 48.6 Å². The van der Waals surface area contributed by atoms with Crippen molar-refractivity contribution in [1.82, 2.24) is 0 Å². The van der Waals surface area contributed by atoms with Gasteiger partial charge in [0.15, 0.2) is 0 Å². The average Bonchev–Trinajstić information content (AvgIpc) is 2.95. The molecule has 0 radical (unpaired) electrons. The molecule has 0 heterocycles. The molecule has 2 N–H and O–H groups in total. The minimum absolute atomic E-state index is 0.0686. The van der Waals surface area contributed by atoms with Crippen molar-refractivity contribution in [3.8, 4) is 0 Å². The van der Waals surface area contributed by atoms with Gasteiger partial charge in [-0.15, -0.1) is 0 Å². The molecule has 0 spiro atoms.